The van der Waals surface area contributed by atoms with E-state index in [-0.39, 0.29) is 0 Å². The largest absolute Gasteiger partial charge is 0.390 e. The van der Waals surface area contributed by atoms with Crippen LogP contribution < -0.4 is 11.0 Å². The van der Waals surface area contributed by atoms with Crippen molar-refractivity contribution in [2.45, 2.75) is 12.0 Å². The zero-order valence-electron chi connectivity index (χ0n) is 21.1. The van der Waals surface area contributed by atoms with E-state index >= 15 is 0 Å². The van der Waals surface area contributed by atoms with Crippen molar-refractivity contribution in [2.24, 2.45) is 0 Å². The molecule has 3 aromatic rings. The summed E-state index contributed by atoms with van der Waals surface area (Å²) >= 11 is 0. The van der Waals surface area contributed by atoms with Gasteiger partial charge in [0.15, 0.2) is 0 Å². The highest BCUT2D eigenvalue weighted by atomic mass is 16.7. The Kier molecular flexibility index (Phi) is 8.84. The molecule has 0 bridgehead atoms. The summed E-state index contributed by atoms with van der Waals surface area (Å²) in [6.07, 6.45) is 18.6. The maximum Gasteiger partial charge on any atom is 0.143 e. The molecule has 0 fully saturated rings. The highest BCUT2D eigenvalue weighted by Gasteiger charge is 2.33. The van der Waals surface area contributed by atoms with Crippen molar-refractivity contribution < 1.29 is 9.68 Å². The fourth-order valence-electron chi connectivity index (χ4n) is 3.75. The molecular weight excluding hydrogens is 472 g/mol. The molecule has 1 aliphatic carbocycles. The fourth-order valence-corrected chi connectivity index (χ4v) is 3.75. The lowest BCUT2D eigenvalue weighted by Crippen LogP contribution is -2.34. The van der Waals surface area contributed by atoms with Crippen molar-refractivity contribution in [1.82, 2.24) is 10.2 Å². The predicted molar refractivity (Wildman–Crippen MR) is 155 cm³/mol. The van der Waals surface area contributed by atoms with Gasteiger partial charge in [0.25, 0.3) is 0 Å². The highest BCUT2D eigenvalue weighted by molar-refractivity contribution is 5.79. The molecule has 6 nitrogen and oxygen atoms in total. The van der Waals surface area contributed by atoms with Crippen LogP contribution in [-0.4, -0.2) is 15.8 Å². The summed E-state index contributed by atoms with van der Waals surface area (Å²) in [5, 5.41) is 7.90. The van der Waals surface area contributed by atoms with Gasteiger partial charge in [0, 0.05) is 6.42 Å². The minimum absolute atomic E-state index is 0.547. The Bertz CT molecular complexity index is 1390. The minimum Gasteiger partial charge on any atom is -0.390 e. The van der Waals surface area contributed by atoms with Crippen LogP contribution >= 0.6 is 0 Å². The van der Waals surface area contributed by atoms with Gasteiger partial charge in [-0.3, -0.25) is 10.3 Å². The molecule has 0 aliphatic heterocycles. The van der Waals surface area contributed by atoms with Crippen molar-refractivity contribution in [3.8, 4) is 0 Å². The van der Waals surface area contributed by atoms with Crippen LogP contribution in [0.15, 0.2) is 147 Å². The van der Waals surface area contributed by atoms with Gasteiger partial charge < -0.3 is 4.84 Å². The Morgan fingerprint density at radius 3 is 2.13 bits per heavy atom. The smallest absolute Gasteiger partial charge is 0.143 e. The SMILES string of the molecule is C=C(/C=C\C=C/ONc1cnncc1NOC1(C(=C)c2ccccc2)C=CC=CC1)C(=C)c1ccccc1. The standard InChI is InChI=1S/C32H30N4O2/c1-25(26(2)28-16-7-4-8-17-28)15-11-14-22-37-35-30-23-33-34-24-31(30)36-38-32(20-12-6-13-21-32)27(3)29-18-9-5-10-19-29/h4-20,22-24H,1-3,21H2,(H,33,36)(H,34,35)/b15-11-,22-14-. The summed E-state index contributed by atoms with van der Waals surface area (Å²) < 4.78 is 0. The maximum atomic E-state index is 6.25. The van der Waals surface area contributed by atoms with Gasteiger partial charge in [-0.1, -0.05) is 111 Å². The minimum atomic E-state index is -0.769. The molecule has 2 N–H and O–H groups in total. The lowest BCUT2D eigenvalue weighted by atomic mass is 9.84. The first-order chi connectivity index (χ1) is 18.6. The average molecular weight is 503 g/mol. The lowest BCUT2D eigenvalue weighted by Gasteiger charge is -2.33. The van der Waals surface area contributed by atoms with E-state index in [0.717, 1.165) is 27.8 Å². The molecule has 1 heterocycles. The van der Waals surface area contributed by atoms with Crippen molar-refractivity contribution >= 4 is 22.5 Å². The molecule has 1 aromatic heterocycles. The van der Waals surface area contributed by atoms with E-state index < -0.39 is 5.60 Å². The number of rotatable bonds is 12. The molecular formula is C32H30N4O2. The van der Waals surface area contributed by atoms with Gasteiger partial charge in [0.1, 0.15) is 23.2 Å². The van der Waals surface area contributed by atoms with E-state index in [1.54, 1.807) is 12.3 Å². The zero-order chi connectivity index (χ0) is 26.6. The third-order valence-corrected chi connectivity index (χ3v) is 5.97. The number of nitrogens with one attached hydrogen (secondary N) is 2. The topological polar surface area (TPSA) is 68.3 Å². The molecule has 4 rings (SSSR count). The molecule has 1 unspecified atom stereocenters. The number of allylic oxidation sites excluding steroid dienone is 7. The Balaban J connectivity index is 1.35. The summed E-state index contributed by atoms with van der Waals surface area (Å²) in [5.74, 6) is 0. The molecule has 190 valence electrons. The molecule has 38 heavy (non-hydrogen) atoms. The van der Waals surface area contributed by atoms with Gasteiger partial charge in [-0.25, -0.2) is 5.48 Å². The summed E-state index contributed by atoms with van der Waals surface area (Å²) in [5.41, 5.74) is 10.7. The average Bonchev–Trinajstić information content (AvgIpc) is 2.98. The van der Waals surface area contributed by atoms with Crippen LogP contribution in [0.5, 0.6) is 0 Å². The Labute approximate surface area is 223 Å². The Morgan fingerprint density at radius 2 is 1.47 bits per heavy atom. The molecule has 1 atom stereocenters. The second kappa shape index (κ2) is 12.9. The first-order valence-corrected chi connectivity index (χ1v) is 12.1. The van der Waals surface area contributed by atoms with Crippen LogP contribution in [0.1, 0.15) is 17.5 Å². The second-order valence-electron chi connectivity index (χ2n) is 8.52. The van der Waals surface area contributed by atoms with Gasteiger partial charge in [0.05, 0.1) is 12.4 Å². The molecule has 0 saturated carbocycles. The Morgan fingerprint density at radius 1 is 0.816 bits per heavy atom. The third kappa shape index (κ3) is 6.63. The van der Waals surface area contributed by atoms with Crippen LogP contribution in [-0.2, 0) is 9.68 Å². The number of aromatic nitrogens is 2. The molecule has 0 amide bonds. The molecule has 1 aliphatic rings. The van der Waals surface area contributed by atoms with Gasteiger partial charge >= 0.3 is 0 Å². The molecule has 0 saturated heterocycles. The van der Waals surface area contributed by atoms with Crippen LogP contribution in [0.4, 0.5) is 11.4 Å². The molecule has 6 heteroatoms. The van der Waals surface area contributed by atoms with Crippen LogP contribution in [0.3, 0.4) is 0 Å². The number of benzene rings is 2. The van der Waals surface area contributed by atoms with E-state index in [1.807, 2.05) is 97.1 Å². The van der Waals surface area contributed by atoms with Crippen LogP contribution in [0.2, 0.25) is 0 Å². The van der Waals surface area contributed by atoms with Crippen LogP contribution in [0.25, 0.3) is 11.1 Å². The van der Waals surface area contributed by atoms with Gasteiger partial charge in [0.2, 0.25) is 0 Å². The van der Waals surface area contributed by atoms with Gasteiger partial charge in [-0.05, 0) is 40.0 Å². The van der Waals surface area contributed by atoms with E-state index in [4.69, 9.17) is 9.68 Å². The lowest BCUT2D eigenvalue weighted by molar-refractivity contribution is 0.0819. The van der Waals surface area contributed by atoms with E-state index in [1.165, 1.54) is 12.5 Å². The van der Waals surface area contributed by atoms with Crippen molar-refractivity contribution in [1.29, 1.82) is 0 Å². The molecule has 0 radical (unpaired) electrons. The van der Waals surface area contributed by atoms with E-state index in [9.17, 15) is 0 Å². The molecule has 0 spiro atoms. The van der Waals surface area contributed by atoms with E-state index in [0.29, 0.717) is 17.8 Å². The van der Waals surface area contributed by atoms with Gasteiger partial charge in [-0.2, -0.15) is 10.2 Å². The molecule has 2 aromatic carbocycles. The number of anilines is 2. The maximum absolute atomic E-state index is 6.25. The normalized spacial score (nSPS) is 16.4. The second-order valence-corrected chi connectivity index (χ2v) is 8.52. The summed E-state index contributed by atoms with van der Waals surface area (Å²) in [6.45, 7) is 12.5. The quantitative estimate of drug-likeness (QED) is 0.152. The summed E-state index contributed by atoms with van der Waals surface area (Å²) in [4.78, 5) is 11.7. The number of nitrogens with zero attached hydrogens (tertiary/aromatic N) is 2. The first-order valence-electron chi connectivity index (χ1n) is 12.1. The van der Waals surface area contributed by atoms with Crippen molar-refractivity contribution in [2.75, 3.05) is 11.0 Å². The number of hydrogen-bond donors (Lipinski definition) is 2. The van der Waals surface area contributed by atoms with E-state index in [2.05, 4.69) is 40.9 Å². The fraction of sp³-hybridized carbons (Fsp3) is 0.0625. The monoisotopic (exact) mass is 502 g/mol. The van der Waals surface area contributed by atoms with Gasteiger partial charge in [-0.15, -0.1) is 0 Å². The third-order valence-electron chi connectivity index (χ3n) is 5.97. The first kappa shape index (κ1) is 26.1. The summed E-state index contributed by atoms with van der Waals surface area (Å²) in [7, 11) is 0. The van der Waals surface area contributed by atoms with Crippen molar-refractivity contribution in [3.05, 3.63) is 158 Å². The predicted octanol–water partition coefficient (Wildman–Crippen LogP) is 7.47. The van der Waals surface area contributed by atoms with Crippen LogP contribution in [0, 0.1) is 0 Å². The highest BCUT2D eigenvalue weighted by Crippen LogP contribution is 2.36. The number of hydrogen-bond acceptors (Lipinski definition) is 6. The van der Waals surface area contributed by atoms with Crippen molar-refractivity contribution in [3.63, 3.8) is 0 Å². The summed E-state index contributed by atoms with van der Waals surface area (Å²) in [6, 6.07) is 19.9. The zero-order valence-corrected chi connectivity index (χ0v) is 21.1. The Hall–Kier alpha value is -4.94.